The summed E-state index contributed by atoms with van der Waals surface area (Å²) in [4.78, 5) is 39.6. The largest absolute Gasteiger partial charge is 0.337 e. The van der Waals surface area contributed by atoms with Gasteiger partial charge in [0.15, 0.2) is 0 Å². The number of para-hydroxylation sites is 1. The monoisotopic (exact) mass is 489 g/mol. The molecule has 0 aliphatic carbocycles. The van der Waals surface area contributed by atoms with E-state index in [2.05, 4.69) is 37.9 Å². The molecule has 7 nitrogen and oxygen atoms in total. The van der Waals surface area contributed by atoms with Gasteiger partial charge in [-0.25, -0.2) is 0 Å². The Morgan fingerprint density at radius 1 is 0.944 bits per heavy atom. The Balaban J connectivity index is 1.44. The smallest absolute Gasteiger partial charge is 0.224 e. The third kappa shape index (κ3) is 5.79. The summed E-state index contributed by atoms with van der Waals surface area (Å²) >= 11 is 0. The first-order valence-electron chi connectivity index (χ1n) is 13.6. The summed E-state index contributed by atoms with van der Waals surface area (Å²) in [5.74, 6) is 0.279. The van der Waals surface area contributed by atoms with E-state index in [4.69, 9.17) is 0 Å². The number of nitrogens with zero attached hydrogens (tertiary/aromatic N) is 5. The molecule has 2 aromatic rings. The predicted molar refractivity (Wildman–Crippen MR) is 141 cm³/mol. The lowest BCUT2D eigenvalue weighted by molar-refractivity contribution is -0.133. The summed E-state index contributed by atoms with van der Waals surface area (Å²) < 4.78 is 0. The van der Waals surface area contributed by atoms with Gasteiger partial charge in [0.2, 0.25) is 11.8 Å². The molecule has 2 atom stereocenters. The Hall–Kier alpha value is -2.77. The molecule has 0 radical (unpaired) electrons. The van der Waals surface area contributed by atoms with E-state index in [9.17, 15) is 9.59 Å². The highest BCUT2D eigenvalue weighted by Gasteiger charge is 2.36. The van der Waals surface area contributed by atoms with Crippen molar-refractivity contribution in [2.24, 2.45) is 0 Å². The maximum Gasteiger partial charge on any atom is 0.224 e. The Bertz CT molecular complexity index is 1040. The highest BCUT2D eigenvalue weighted by Crippen LogP contribution is 2.32. The van der Waals surface area contributed by atoms with Gasteiger partial charge in [0.05, 0.1) is 0 Å². The van der Waals surface area contributed by atoms with E-state index in [0.717, 1.165) is 63.2 Å². The van der Waals surface area contributed by atoms with Gasteiger partial charge in [0.25, 0.3) is 0 Å². The first kappa shape index (κ1) is 24.9. The van der Waals surface area contributed by atoms with Crippen LogP contribution in [0.1, 0.15) is 56.6 Å². The van der Waals surface area contributed by atoms with E-state index in [0.29, 0.717) is 31.6 Å². The van der Waals surface area contributed by atoms with Gasteiger partial charge in [0.1, 0.15) is 0 Å². The maximum absolute atomic E-state index is 13.7. The number of anilines is 1. The molecular weight excluding hydrogens is 450 g/mol. The van der Waals surface area contributed by atoms with Crippen molar-refractivity contribution in [3.63, 3.8) is 0 Å². The van der Waals surface area contributed by atoms with E-state index < -0.39 is 0 Å². The summed E-state index contributed by atoms with van der Waals surface area (Å²) in [6, 6.07) is 13.0. The number of hydrogen-bond acceptors (Lipinski definition) is 5. The summed E-state index contributed by atoms with van der Waals surface area (Å²) in [5.41, 5.74) is 3.25. The third-order valence-electron chi connectivity index (χ3n) is 8.22. The average molecular weight is 490 g/mol. The number of pyridine rings is 1. The number of likely N-dealkylation sites (tertiary alicyclic amines) is 1. The van der Waals surface area contributed by atoms with Crippen molar-refractivity contribution >= 4 is 17.5 Å². The average Bonchev–Trinajstić information content (AvgIpc) is 3.53. The molecule has 2 saturated heterocycles. The topological polar surface area (TPSA) is 60.0 Å². The fourth-order valence-corrected chi connectivity index (χ4v) is 6.24. The molecule has 0 unspecified atom stereocenters. The molecule has 192 valence electrons. The van der Waals surface area contributed by atoms with Crippen molar-refractivity contribution in [1.29, 1.82) is 0 Å². The molecule has 3 aliphatic heterocycles. The van der Waals surface area contributed by atoms with Crippen LogP contribution in [0, 0.1) is 0 Å². The van der Waals surface area contributed by atoms with Crippen LogP contribution < -0.4 is 4.90 Å². The zero-order valence-corrected chi connectivity index (χ0v) is 21.5. The fourth-order valence-electron chi connectivity index (χ4n) is 6.24. The van der Waals surface area contributed by atoms with Crippen LogP contribution in [0.3, 0.4) is 0 Å². The van der Waals surface area contributed by atoms with Gasteiger partial charge in [-0.2, -0.15) is 0 Å². The van der Waals surface area contributed by atoms with E-state index in [1.165, 1.54) is 18.4 Å². The van der Waals surface area contributed by atoms with Crippen molar-refractivity contribution in [2.45, 2.75) is 70.6 Å². The van der Waals surface area contributed by atoms with Crippen LogP contribution in [0.25, 0.3) is 0 Å². The van der Waals surface area contributed by atoms with Crippen LogP contribution in [-0.2, 0) is 22.7 Å². The van der Waals surface area contributed by atoms with Crippen LogP contribution in [0.4, 0.5) is 5.69 Å². The highest BCUT2D eigenvalue weighted by atomic mass is 16.2. The van der Waals surface area contributed by atoms with E-state index in [1.54, 1.807) is 6.92 Å². The molecule has 36 heavy (non-hydrogen) atoms. The molecule has 1 aromatic carbocycles. The van der Waals surface area contributed by atoms with Crippen LogP contribution >= 0.6 is 0 Å². The van der Waals surface area contributed by atoms with Crippen LogP contribution in [0.2, 0.25) is 0 Å². The summed E-state index contributed by atoms with van der Waals surface area (Å²) in [5, 5.41) is 0. The lowest BCUT2D eigenvalue weighted by Crippen LogP contribution is -2.45. The quantitative estimate of drug-likeness (QED) is 0.641. The minimum Gasteiger partial charge on any atom is -0.337 e. The normalized spacial score (nSPS) is 23.4. The zero-order chi connectivity index (χ0) is 24.9. The first-order valence-corrected chi connectivity index (χ1v) is 13.6. The molecule has 0 spiro atoms. The van der Waals surface area contributed by atoms with E-state index in [-0.39, 0.29) is 11.8 Å². The number of hydrogen-bond donors (Lipinski definition) is 0. The van der Waals surface area contributed by atoms with Gasteiger partial charge >= 0.3 is 0 Å². The van der Waals surface area contributed by atoms with Crippen LogP contribution in [0.5, 0.6) is 0 Å². The standard InChI is InChI=1S/C29H39N5O2/c1-23(35)33-19-12-26-8-9-27(34(26)20-24-10-14-30-15-11-24)22-32(21-25-6-2-3-7-28(25)33)29(36)13-18-31-16-4-5-17-31/h2-3,6-7,10-11,14-15,26-27H,4-5,8-9,12-13,16-22H2,1H3/t26-,27+/m1/s1. The van der Waals surface area contributed by atoms with Gasteiger partial charge < -0.3 is 14.7 Å². The van der Waals surface area contributed by atoms with E-state index >= 15 is 0 Å². The molecule has 4 heterocycles. The molecular formula is C29H39N5O2. The highest BCUT2D eigenvalue weighted by molar-refractivity contribution is 5.92. The number of carbonyl (C=O) groups is 2. The number of aromatic nitrogens is 1. The lowest BCUT2D eigenvalue weighted by Gasteiger charge is -2.34. The second-order valence-electron chi connectivity index (χ2n) is 10.6. The Morgan fingerprint density at radius 2 is 1.69 bits per heavy atom. The molecule has 0 saturated carbocycles. The molecule has 2 fully saturated rings. The molecule has 1 aromatic heterocycles. The molecule has 0 N–H and O–H groups in total. The lowest BCUT2D eigenvalue weighted by atomic mass is 10.1. The van der Waals surface area contributed by atoms with Crippen molar-refractivity contribution < 1.29 is 9.59 Å². The second kappa shape index (κ2) is 11.5. The van der Waals surface area contributed by atoms with Crippen LogP contribution in [-0.4, -0.2) is 76.3 Å². The minimum absolute atomic E-state index is 0.0591. The molecule has 5 rings (SSSR count). The SMILES string of the molecule is CC(=O)N1CC[C@H]2CC[C@@H](CN(C(=O)CCN3CCCC3)Cc3ccccc31)N2Cc1ccncc1. The predicted octanol–water partition coefficient (Wildman–Crippen LogP) is 3.69. The molecule has 2 amide bonds. The fraction of sp³-hybridized carbons (Fsp3) is 0.552. The summed E-state index contributed by atoms with van der Waals surface area (Å²) in [6.07, 6.45) is 9.83. The van der Waals surface area contributed by atoms with Gasteiger partial charge in [-0.15, -0.1) is 0 Å². The maximum atomic E-state index is 13.7. The second-order valence-corrected chi connectivity index (χ2v) is 10.6. The summed E-state index contributed by atoms with van der Waals surface area (Å²) in [6.45, 7) is 7.52. The first-order chi connectivity index (χ1) is 17.6. The Kier molecular flexibility index (Phi) is 7.97. The van der Waals surface area contributed by atoms with Crippen molar-refractivity contribution in [2.75, 3.05) is 37.6 Å². The number of rotatable bonds is 5. The van der Waals surface area contributed by atoms with Crippen molar-refractivity contribution in [3.05, 3.63) is 59.9 Å². The molecule has 7 heteroatoms. The Morgan fingerprint density at radius 3 is 2.47 bits per heavy atom. The number of benzene rings is 1. The van der Waals surface area contributed by atoms with Crippen molar-refractivity contribution in [1.82, 2.24) is 19.7 Å². The molecule has 3 aliphatic rings. The number of fused-ring (bicyclic) bond motifs is 3. The van der Waals surface area contributed by atoms with Gasteiger partial charge in [0, 0.05) is 76.2 Å². The number of amides is 2. The van der Waals surface area contributed by atoms with Gasteiger partial charge in [-0.05, 0) is 74.5 Å². The number of carbonyl (C=O) groups excluding carboxylic acids is 2. The van der Waals surface area contributed by atoms with Crippen molar-refractivity contribution in [3.8, 4) is 0 Å². The summed E-state index contributed by atoms with van der Waals surface area (Å²) in [7, 11) is 0. The van der Waals surface area contributed by atoms with Gasteiger partial charge in [-0.3, -0.25) is 19.5 Å². The zero-order valence-electron chi connectivity index (χ0n) is 21.5. The molecule has 2 bridgehead atoms. The van der Waals surface area contributed by atoms with Crippen LogP contribution in [0.15, 0.2) is 48.8 Å². The minimum atomic E-state index is 0.0591. The Labute approximate surface area is 215 Å². The third-order valence-corrected chi connectivity index (χ3v) is 8.22. The van der Waals surface area contributed by atoms with E-state index in [1.807, 2.05) is 35.5 Å². The van der Waals surface area contributed by atoms with Gasteiger partial charge in [-0.1, -0.05) is 18.2 Å².